The molecule has 3 aliphatic heterocycles. The summed E-state index contributed by atoms with van der Waals surface area (Å²) in [6, 6.07) is 5.97. The van der Waals surface area contributed by atoms with Crippen molar-refractivity contribution in [2.24, 2.45) is 0 Å². The van der Waals surface area contributed by atoms with Crippen LogP contribution in [0.5, 0.6) is 5.75 Å². The molecule has 1 aromatic carbocycles. The number of hydrogen-bond donors (Lipinski definition) is 1. The third-order valence-corrected chi connectivity index (χ3v) is 7.62. The monoisotopic (exact) mass is 425 g/mol. The van der Waals surface area contributed by atoms with Crippen LogP contribution < -0.4 is 9.46 Å². The van der Waals surface area contributed by atoms with Gasteiger partial charge in [-0.1, -0.05) is 12.1 Å². The highest BCUT2D eigenvalue weighted by Gasteiger charge is 2.45. The summed E-state index contributed by atoms with van der Waals surface area (Å²) < 4.78 is 45.7. The Balaban J connectivity index is 1.49. The molecule has 1 aromatic rings. The normalized spacial score (nSPS) is 29.1. The Bertz CT molecular complexity index is 843. The summed E-state index contributed by atoms with van der Waals surface area (Å²) in [5, 5.41) is 0. The molecule has 3 heterocycles. The predicted molar refractivity (Wildman–Crippen MR) is 104 cm³/mol. The summed E-state index contributed by atoms with van der Waals surface area (Å²) in [6.07, 6.45) is 1.56. The zero-order valence-electron chi connectivity index (χ0n) is 16.7. The van der Waals surface area contributed by atoms with Crippen molar-refractivity contribution in [2.75, 3.05) is 40.5 Å². The van der Waals surface area contributed by atoms with Gasteiger partial charge in [-0.15, -0.1) is 0 Å². The van der Waals surface area contributed by atoms with Crippen molar-refractivity contribution in [1.29, 1.82) is 0 Å². The molecule has 1 amide bonds. The molecule has 0 bridgehead atoms. The van der Waals surface area contributed by atoms with Crippen LogP contribution in [0.25, 0.3) is 0 Å². The van der Waals surface area contributed by atoms with Gasteiger partial charge in [-0.05, 0) is 24.1 Å². The maximum Gasteiger partial charge on any atom is 0.280 e. The number of rotatable bonds is 3. The lowest BCUT2D eigenvalue weighted by Crippen LogP contribution is -2.59. The van der Waals surface area contributed by atoms with E-state index in [9.17, 15) is 13.2 Å². The summed E-state index contributed by atoms with van der Waals surface area (Å²) in [4.78, 5) is 14.9. The summed E-state index contributed by atoms with van der Waals surface area (Å²) in [7, 11) is -0.750. The van der Waals surface area contributed by atoms with E-state index in [1.165, 1.54) is 7.05 Å². The van der Waals surface area contributed by atoms with Gasteiger partial charge >= 0.3 is 0 Å². The van der Waals surface area contributed by atoms with Crippen LogP contribution in [-0.2, 0) is 24.5 Å². The second-order valence-electron chi connectivity index (χ2n) is 7.65. The minimum Gasteiger partial charge on any atom is -0.497 e. The lowest BCUT2D eigenvalue weighted by atomic mass is 9.97. The molecule has 3 saturated heterocycles. The van der Waals surface area contributed by atoms with E-state index in [1.54, 1.807) is 24.1 Å². The zero-order chi connectivity index (χ0) is 20.6. The first-order chi connectivity index (χ1) is 13.8. The molecule has 1 N–H and O–H groups in total. The number of ether oxygens (including phenoxy) is 3. The Morgan fingerprint density at radius 1 is 1.17 bits per heavy atom. The molecule has 3 fully saturated rings. The Morgan fingerprint density at radius 3 is 2.38 bits per heavy atom. The number of benzene rings is 1. The molecule has 0 radical (unpaired) electrons. The second kappa shape index (κ2) is 7.84. The molecule has 3 aliphatic rings. The number of nitrogens with one attached hydrogen (secondary N) is 1. The van der Waals surface area contributed by atoms with E-state index in [0.717, 1.165) is 9.87 Å². The van der Waals surface area contributed by atoms with Crippen LogP contribution in [0.15, 0.2) is 24.3 Å². The standard InChI is InChI=1S/C19H27N3O6S/c1-21-17(18(23)22-9-7-19(8-10-22)27-11-12-28-19)13-16(20-29(21,24)25)14-3-5-15(26-2)6-4-14/h3-6,16-17,20H,7-13H2,1-2H3/t16-,17+/m0/s1. The SMILES string of the molecule is COc1ccc([C@@H]2C[C@H](C(=O)N3CCC4(CC3)OCCO4)N(C)S(=O)(=O)N2)cc1. The molecule has 2 atom stereocenters. The number of carbonyl (C=O) groups is 1. The lowest BCUT2D eigenvalue weighted by Gasteiger charge is -2.42. The van der Waals surface area contributed by atoms with Crippen molar-refractivity contribution in [1.82, 2.24) is 13.9 Å². The highest BCUT2D eigenvalue weighted by atomic mass is 32.2. The van der Waals surface area contributed by atoms with E-state index >= 15 is 0 Å². The van der Waals surface area contributed by atoms with Crippen LogP contribution in [0.2, 0.25) is 0 Å². The second-order valence-corrected chi connectivity index (χ2v) is 9.41. The highest BCUT2D eigenvalue weighted by Crippen LogP contribution is 2.34. The highest BCUT2D eigenvalue weighted by molar-refractivity contribution is 7.87. The van der Waals surface area contributed by atoms with Gasteiger partial charge in [-0.25, -0.2) is 0 Å². The Hall–Kier alpha value is -1.72. The first-order valence-corrected chi connectivity index (χ1v) is 11.2. The number of carbonyl (C=O) groups excluding carboxylic acids is 1. The van der Waals surface area contributed by atoms with E-state index < -0.39 is 28.1 Å². The minimum absolute atomic E-state index is 0.177. The fraction of sp³-hybridized carbons (Fsp3) is 0.632. The lowest BCUT2D eigenvalue weighted by molar-refractivity contribution is -0.188. The van der Waals surface area contributed by atoms with Crippen LogP contribution in [0, 0.1) is 0 Å². The molecule has 1 spiro atoms. The average molecular weight is 426 g/mol. The Morgan fingerprint density at radius 2 is 1.79 bits per heavy atom. The molecule has 10 heteroatoms. The van der Waals surface area contributed by atoms with Crippen LogP contribution in [0.1, 0.15) is 30.9 Å². The molecule has 0 aromatic heterocycles. The number of hydrogen-bond acceptors (Lipinski definition) is 6. The molecular formula is C19H27N3O6S. The minimum atomic E-state index is -3.77. The summed E-state index contributed by atoms with van der Waals surface area (Å²) >= 11 is 0. The summed E-state index contributed by atoms with van der Waals surface area (Å²) in [6.45, 7) is 2.13. The van der Waals surface area contributed by atoms with Gasteiger partial charge in [0.05, 0.1) is 20.3 Å². The van der Waals surface area contributed by atoms with Gasteiger partial charge in [-0.2, -0.15) is 17.4 Å². The van der Waals surface area contributed by atoms with Crippen molar-refractivity contribution < 1.29 is 27.4 Å². The fourth-order valence-corrected chi connectivity index (χ4v) is 5.48. The van der Waals surface area contributed by atoms with Gasteiger partial charge in [0.15, 0.2) is 5.79 Å². The molecule has 29 heavy (non-hydrogen) atoms. The van der Waals surface area contributed by atoms with E-state index in [4.69, 9.17) is 14.2 Å². The molecule has 0 aliphatic carbocycles. The quantitative estimate of drug-likeness (QED) is 0.763. The van der Waals surface area contributed by atoms with Crippen LogP contribution in [0.3, 0.4) is 0 Å². The number of piperidine rings is 1. The van der Waals surface area contributed by atoms with Crippen LogP contribution in [0.4, 0.5) is 0 Å². The molecular weight excluding hydrogens is 398 g/mol. The Labute approximate surface area is 171 Å². The first-order valence-electron chi connectivity index (χ1n) is 9.79. The van der Waals surface area contributed by atoms with Crippen molar-refractivity contribution in [3.63, 3.8) is 0 Å². The van der Waals surface area contributed by atoms with E-state index in [0.29, 0.717) is 51.3 Å². The third kappa shape index (κ3) is 3.99. The number of amides is 1. The predicted octanol–water partition coefficient (Wildman–Crippen LogP) is 0.640. The van der Waals surface area contributed by atoms with Gasteiger partial charge in [-0.3, -0.25) is 4.79 Å². The van der Waals surface area contributed by atoms with Crippen molar-refractivity contribution in [2.45, 2.75) is 37.1 Å². The molecule has 160 valence electrons. The van der Waals surface area contributed by atoms with Crippen molar-refractivity contribution >= 4 is 16.1 Å². The van der Waals surface area contributed by atoms with E-state index in [2.05, 4.69) is 4.72 Å². The first kappa shape index (κ1) is 20.5. The molecule has 9 nitrogen and oxygen atoms in total. The van der Waals surface area contributed by atoms with Gasteiger partial charge in [0, 0.05) is 39.0 Å². The summed E-state index contributed by atoms with van der Waals surface area (Å²) in [5.74, 6) is -0.0613. The maximum atomic E-state index is 13.2. The van der Waals surface area contributed by atoms with Crippen LogP contribution in [-0.4, -0.2) is 75.8 Å². The molecule has 0 saturated carbocycles. The van der Waals surface area contributed by atoms with Crippen LogP contribution >= 0.6 is 0 Å². The van der Waals surface area contributed by atoms with Gasteiger partial charge in [0.25, 0.3) is 10.2 Å². The van der Waals surface area contributed by atoms with Crippen molar-refractivity contribution in [3.05, 3.63) is 29.8 Å². The Kier molecular flexibility index (Phi) is 5.56. The van der Waals surface area contributed by atoms with E-state index in [1.807, 2.05) is 12.1 Å². The third-order valence-electron chi connectivity index (χ3n) is 6.02. The number of likely N-dealkylation sites (tertiary alicyclic amines) is 1. The van der Waals surface area contributed by atoms with Crippen molar-refractivity contribution in [3.8, 4) is 5.75 Å². The molecule has 0 unspecified atom stereocenters. The van der Waals surface area contributed by atoms with E-state index in [-0.39, 0.29) is 5.91 Å². The molecule has 4 rings (SSSR count). The fourth-order valence-electron chi connectivity index (χ4n) is 4.21. The summed E-state index contributed by atoms with van der Waals surface area (Å²) in [5.41, 5.74) is 0.797. The van der Waals surface area contributed by atoms with Gasteiger partial charge in [0.1, 0.15) is 11.8 Å². The number of likely N-dealkylation sites (N-methyl/N-ethyl adjacent to an activating group) is 1. The smallest absolute Gasteiger partial charge is 0.280 e. The van der Waals surface area contributed by atoms with Gasteiger partial charge < -0.3 is 19.1 Å². The number of methoxy groups -OCH3 is 1. The zero-order valence-corrected chi connectivity index (χ0v) is 17.5. The average Bonchev–Trinajstić information content (AvgIpc) is 3.18. The van der Waals surface area contributed by atoms with Gasteiger partial charge in [0.2, 0.25) is 5.91 Å². The largest absolute Gasteiger partial charge is 0.497 e. The maximum absolute atomic E-state index is 13.2. The number of nitrogens with zero attached hydrogens (tertiary/aromatic N) is 2. The topological polar surface area (TPSA) is 97.4 Å².